The van der Waals surface area contributed by atoms with Crippen molar-refractivity contribution in [3.63, 3.8) is 0 Å². The fraction of sp³-hybridized carbons (Fsp3) is 0.263. The highest BCUT2D eigenvalue weighted by molar-refractivity contribution is 6.31. The third-order valence-electron chi connectivity index (χ3n) is 3.68. The normalized spacial score (nSPS) is 11.5. The largest absolute Gasteiger partial charge is 0.497 e. The van der Waals surface area contributed by atoms with Gasteiger partial charge in [-0.1, -0.05) is 17.7 Å². The number of nitrogens with one attached hydrogen (secondary N) is 1. The average Bonchev–Trinajstić information content (AvgIpc) is 2.64. The van der Waals surface area contributed by atoms with Gasteiger partial charge >= 0.3 is 0 Å². The number of hydrogen-bond donors (Lipinski definition) is 1. The van der Waals surface area contributed by atoms with Crippen LogP contribution in [0.3, 0.4) is 0 Å². The number of benzene rings is 2. The minimum Gasteiger partial charge on any atom is -0.497 e. The minimum atomic E-state index is -1.08. The quantitative estimate of drug-likeness (QED) is 0.798. The zero-order valence-corrected chi connectivity index (χ0v) is 15.1. The highest BCUT2D eigenvalue weighted by Crippen LogP contribution is 2.25. The Morgan fingerprint density at radius 3 is 2.69 bits per heavy atom. The molecule has 26 heavy (non-hydrogen) atoms. The lowest BCUT2D eigenvalue weighted by Gasteiger charge is -2.18. The van der Waals surface area contributed by atoms with E-state index in [1.54, 1.807) is 31.2 Å². The molecule has 7 heteroatoms. The second-order valence-corrected chi connectivity index (χ2v) is 5.77. The summed E-state index contributed by atoms with van der Waals surface area (Å²) in [5.74, 6) is -0.704. The molecule has 0 radical (unpaired) electrons. The van der Waals surface area contributed by atoms with Crippen molar-refractivity contribution in [2.45, 2.75) is 19.6 Å². The fourth-order valence-corrected chi connectivity index (χ4v) is 2.61. The van der Waals surface area contributed by atoms with Crippen molar-refractivity contribution in [3.05, 3.63) is 63.9 Å². The van der Waals surface area contributed by atoms with Gasteiger partial charge in [0.05, 0.1) is 17.7 Å². The number of carbonyl (C=O) groups is 1. The van der Waals surface area contributed by atoms with Crippen LogP contribution >= 0.6 is 11.6 Å². The first-order valence-electron chi connectivity index (χ1n) is 7.91. The Kier molecular flexibility index (Phi) is 6.96. The number of ether oxygens (including phenoxy) is 2. The Hall–Kier alpha value is -2.62. The van der Waals surface area contributed by atoms with Crippen molar-refractivity contribution in [1.82, 2.24) is 5.32 Å². The lowest BCUT2D eigenvalue weighted by Crippen LogP contribution is -2.31. The van der Waals surface area contributed by atoms with E-state index in [-0.39, 0.29) is 18.7 Å². The molecule has 0 aliphatic heterocycles. The van der Waals surface area contributed by atoms with E-state index < -0.39 is 17.8 Å². The average molecular weight is 377 g/mol. The zero-order chi connectivity index (χ0) is 19.1. The lowest BCUT2D eigenvalue weighted by molar-refractivity contribution is -0.133. The summed E-state index contributed by atoms with van der Waals surface area (Å²) in [5, 5.41) is 11.9. The van der Waals surface area contributed by atoms with Crippen LogP contribution in [0.25, 0.3) is 0 Å². The lowest BCUT2D eigenvalue weighted by atomic mass is 10.1. The SMILES string of the molecule is CCOC(C(=O)NCc1ccc(C#N)c(Cl)c1)c1ccc(OC)cc1F. The number of nitrogens with zero attached hydrogens (tertiary/aromatic N) is 1. The number of carbonyl (C=O) groups excluding carboxylic acids is 1. The Bertz CT molecular complexity index is 836. The van der Waals surface area contributed by atoms with Gasteiger partial charge in [-0.2, -0.15) is 5.26 Å². The number of nitriles is 1. The van der Waals surface area contributed by atoms with E-state index in [1.807, 2.05) is 6.07 Å². The van der Waals surface area contributed by atoms with Crippen LogP contribution in [0.4, 0.5) is 4.39 Å². The molecule has 0 aromatic heterocycles. The molecule has 1 N–H and O–H groups in total. The molecule has 0 spiro atoms. The Morgan fingerprint density at radius 2 is 2.12 bits per heavy atom. The highest BCUT2D eigenvalue weighted by atomic mass is 35.5. The van der Waals surface area contributed by atoms with E-state index in [1.165, 1.54) is 19.2 Å². The summed E-state index contributed by atoms with van der Waals surface area (Å²) in [6, 6.07) is 11.1. The third-order valence-corrected chi connectivity index (χ3v) is 3.99. The molecule has 0 aliphatic rings. The van der Waals surface area contributed by atoms with Gasteiger partial charge in [-0.05, 0) is 36.8 Å². The maximum Gasteiger partial charge on any atom is 0.254 e. The van der Waals surface area contributed by atoms with Gasteiger partial charge in [0, 0.05) is 24.8 Å². The van der Waals surface area contributed by atoms with Crippen molar-refractivity contribution < 1.29 is 18.7 Å². The number of rotatable bonds is 7. The minimum absolute atomic E-state index is 0.128. The summed E-state index contributed by atoms with van der Waals surface area (Å²) in [6.07, 6.45) is -1.08. The first-order valence-corrected chi connectivity index (χ1v) is 8.29. The molecular formula is C19H18ClFN2O3. The molecule has 2 rings (SSSR count). The van der Waals surface area contributed by atoms with Crippen LogP contribution in [0.5, 0.6) is 5.75 Å². The maximum absolute atomic E-state index is 14.3. The summed E-state index contributed by atoms with van der Waals surface area (Å²) in [4.78, 5) is 12.5. The number of halogens is 2. The van der Waals surface area contributed by atoms with E-state index in [9.17, 15) is 9.18 Å². The van der Waals surface area contributed by atoms with Crippen molar-refractivity contribution in [2.24, 2.45) is 0 Å². The molecule has 5 nitrogen and oxygen atoms in total. The second kappa shape index (κ2) is 9.18. The third kappa shape index (κ3) is 4.72. The standard InChI is InChI=1S/C19H18ClFN2O3/c1-3-26-18(15-7-6-14(25-2)9-17(15)21)19(24)23-11-12-4-5-13(10-22)16(20)8-12/h4-9,18H,3,11H2,1-2H3,(H,23,24). The molecule has 2 aromatic rings. The van der Waals surface area contributed by atoms with Crippen LogP contribution in [0.1, 0.15) is 29.7 Å². The summed E-state index contributed by atoms with van der Waals surface area (Å²) in [6.45, 7) is 2.14. The van der Waals surface area contributed by atoms with Crippen LogP contribution in [-0.4, -0.2) is 19.6 Å². The van der Waals surface area contributed by atoms with Gasteiger partial charge in [0.15, 0.2) is 6.10 Å². The van der Waals surface area contributed by atoms with Gasteiger partial charge in [0.2, 0.25) is 0 Å². The Balaban J connectivity index is 2.14. The van der Waals surface area contributed by atoms with Gasteiger partial charge in [-0.3, -0.25) is 4.79 Å². The van der Waals surface area contributed by atoms with Crippen LogP contribution in [0, 0.1) is 17.1 Å². The molecule has 0 heterocycles. The van der Waals surface area contributed by atoms with Crippen molar-refractivity contribution in [1.29, 1.82) is 5.26 Å². The van der Waals surface area contributed by atoms with E-state index >= 15 is 0 Å². The first-order chi connectivity index (χ1) is 12.5. The molecule has 0 bridgehead atoms. The van der Waals surface area contributed by atoms with Crippen LogP contribution in [-0.2, 0) is 16.1 Å². The number of methoxy groups -OCH3 is 1. The Morgan fingerprint density at radius 1 is 1.35 bits per heavy atom. The van der Waals surface area contributed by atoms with E-state index in [0.29, 0.717) is 21.9 Å². The molecule has 1 amide bonds. The van der Waals surface area contributed by atoms with Crippen molar-refractivity contribution >= 4 is 17.5 Å². The predicted molar refractivity (Wildman–Crippen MR) is 95.3 cm³/mol. The molecule has 0 fully saturated rings. The zero-order valence-electron chi connectivity index (χ0n) is 14.4. The monoisotopic (exact) mass is 376 g/mol. The van der Waals surface area contributed by atoms with Gasteiger partial charge in [0.25, 0.3) is 5.91 Å². The molecule has 0 saturated heterocycles. The maximum atomic E-state index is 14.3. The van der Waals surface area contributed by atoms with E-state index in [2.05, 4.69) is 5.32 Å². The molecule has 0 aliphatic carbocycles. The summed E-state index contributed by atoms with van der Waals surface area (Å²) in [7, 11) is 1.43. The molecule has 1 unspecified atom stereocenters. The molecule has 2 aromatic carbocycles. The summed E-state index contributed by atoms with van der Waals surface area (Å²) >= 11 is 5.98. The van der Waals surface area contributed by atoms with E-state index in [0.717, 1.165) is 0 Å². The summed E-state index contributed by atoms with van der Waals surface area (Å²) < 4.78 is 24.7. The summed E-state index contributed by atoms with van der Waals surface area (Å²) in [5.41, 5.74) is 1.20. The van der Waals surface area contributed by atoms with Crippen molar-refractivity contribution in [3.8, 4) is 11.8 Å². The van der Waals surface area contributed by atoms with Crippen LogP contribution in [0.2, 0.25) is 5.02 Å². The van der Waals surface area contributed by atoms with Gasteiger partial charge in [0.1, 0.15) is 17.6 Å². The first kappa shape index (κ1) is 19.7. The molecular weight excluding hydrogens is 359 g/mol. The van der Waals surface area contributed by atoms with Crippen molar-refractivity contribution in [2.75, 3.05) is 13.7 Å². The Labute approximate surface area is 156 Å². The predicted octanol–water partition coefficient (Wildman–Crippen LogP) is 3.75. The fourth-order valence-electron chi connectivity index (χ4n) is 2.36. The molecule has 1 atom stereocenters. The van der Waals surface area contributed by atoms with Gasteiger partial charge in [-0.15, -0.1) is 0 Å². The van der Waals surface area contributed by atoms with Crippen LogP contribution < -0.4 is 10.1 Å². The van der Waals surface area contributed by atoms with Gasteiger partial charge in [-0.25, -0.2) is 4.39 Å². The number of hydrogen-bond acceptors (Lipinski definition) is 4. The number of amides is 1. The smallest absolute Gasteiger partial charge is 0.254 e. The molecule has 136 valence electrons. The topological polar surface area (TPSA) is 71.3 Å². The van der Waals surface area contributed by atoms with E-state index in [4.69, 9.17) is 26.3 Å². The molecule has 0 saturated carbocycles. The van der Waals surface area contributed by atoms with Crippen LogP contribution in [0.15, 0.2) is 36.4 Å². The highest BCUT2D eigenvalue weighted by Gasteiger charge is 2.24. The van der Waals surface area contributed by atoms with Gasteiger partial charge < -0.3 is 14.8 Å². The second-order valence-electron chi connectivity index (χ2n) is 5.37.